The molecule has 0 saturated heterocycles. The quantitative estimate of drug-likeness (QED) is 0.304. The second-order valence-electron chi connectivity index (χ2n) is 6.52. The monoisotopic (exact) mass is 340 g/mol. The zero-order valence-electron chi connectivity index (χ0n) is 14.5. The molecule has 0 unspecified atom stereocenters. The molecule has 0 aliphatic heterocycles. The average molecular weight is 340 g/mol. The van der Waals surface area contributed by atoms with Crippen molar-refractivity contribution in [2.75, 3.05) is 0 Å². The van der Waals surface area contributed by atoms with Crippen molar-refractivity contribution in [3.63, 3.8) is 0 Å². The number of carbonyl (C=O) groups excluding carboxylic acids is 1. The fourth-order valence-electron chi connectivity index (χ4n) is 3.83. The molecule has 1 amide bonds. The molecule has 3 aromatic carbocycles. The first-order valence-electron chi connectivity index (χ1n) is 8.51. The van der Waals surface area contributed by atoms with Gasteiger partial charge in [-0.2, -0.15) is 0 Å². The maximum Gasteiger partial charge on any atom is 0.243 e. The summed E-state index contributed by atoms with van der Waals surface area (Å²) in [6.07, 6.45) is 0. The highest BCUT2D eigenvalue weighted by atomic mass is 16.3. The lowest BCUT2D eigenvalue weighted by atomic mass is 10.0. The zero-order chi connectivity index (χ0) is 17.8. The first-order valence-corrected chi connectivity index (χ1v) is 8.51. The van der Waals surface area contributed by atoms with Crippen LogP contribution in [0.2, 0.25) is 0 Å². The summed E-state index contributed by atoms with van der Waals surface area (Å²) in [5.74, 6) is -0.199. The average Bonchev–Trinajstić information content (AvgIpc) is 2.64. The summed E-state index contributed by atoms with van der Waals surface area (Å²) in [6, 6.07) is 20.1. The van der Waals surface area contributed by atoms with E-state index >= 15 is 0 Å². The highest BCUT2D eigenvalue weighted by molar-refractivity contribution is 6.23. The Morgan fingerprint density at radius 1 is 0.923 bits per heavy atom. The predicted octanol–water partition coefficient (Wildman–Crippen LogP) is 4.68. The van der Waals surface area contributed by atoms with E-state index in [0.717, 1.165) is 43.7 Å². The molecule has 0 bridgehead atoms. The van der Waals surface area contributed by atoms with Crippen LogP contribution in [0.4, 0.5) is 0 Å². The number of carbonyl (C=O) groups is 1. The molecule has 126 valence electrons. The molecule has 0 radical (unpaired) electrons. The number of benzene rings is 3. The fourth-order valence-corrected chi connectivity index (χ4v) is 3.83. The summed E-state index contributed by atoms with van der Waals surface area (Å²) in [7, 11) is 2.05. The van der Waals surface area contributed by atoms with Crippen LogP contribution in [-0.4, -0.2) is 10.5 Å². The molecule has 0 N–H and O–H groups in total. The Balaban J connectivity index is 2.12. The van der Waals surface area contributed by atoms with Crippen LogP contribution in [0.3, 0.4) is 0 Å². The van der Waals surface area contributed by atoms with E-state index in [2.05, 4.69) is 21.7 Å². The number of hydrogen-bond donors (Lipinski definition) is 0. The molecule has 5 aromatic rings. The Morgan fingerprint density at radius 3 is 2.54 bits per heavy atom. The van der Waals surface area contributed by atoms with Crippen LogP contribution in [-0.2, 0) is 11.8 Å². The summed E-state index contributed by atoms with van der Waals surface area (Å²) in [6.45, 7) is 1.47. The predicted molar refractivity (Wildman–Crippen MR) is 104 cm³/mol. The van der Waals surface area contributed by atoms with Crippen molar-refractivity contribution in [1.29, 1.82) is 0 Å². The Morgan fingerprint density at radius 2 is 1.69 bits per heavy atom. The number of fused-ring (bicyclic) bond motifs is 4. The van der Waals surface area contributed by atoms with Crippen molar-refractivity contribution in [2.45, 2.75) is 6.92 Å². The van der Waals surface area contributed by atoms with Gasteiger partial charge in [-0.05, 0) is 35.7 Å². The van der Waals surface area contributed by atoms with Crippen molar-refractivity contribution in [3.05, 3.63) is 66.0 Å². The molecule has 0 saturated carbocycles. The minimum atomic E-state index is -0.199. The van der Waals surface area contributed by atoms with Gasteiger partial charge in [-0.15, -0.1) is 0 Å². The minimum Gasteiger partial charge on any atom is -0.456 e. The number of rotatable bonds is 0. The summed E-state index contributed by atoms with van der Waals surface area (Å²) in [4.78, 5) is 15.5. The first-order chi connectivity index (χ1) is 12.6. The lowest BCUT2D eigenvalue weighted by Gasteiger charge is -2.16. The second-order valence-corrected chi connectivity index (χ2v) is 6.52. The van der Waals surface area contributed by atoms with Crippen molar-refractivity contribution >= 4 is 49.7 Å². The van der Waals surface area contributed by atoms with Crippen LogP contribution < -0.4 is 5.36 Å². The molecule has 0 spiro atoms. The number of aromatic nitrogens is 1. The van der Waals surface area contributed by atoms with Gasteiger partial charge < -0.3 is 8.98 Å². The van der Waals surface area contributed by atoms with E-state index in [1.54, 1.807) is 0 Å². The van der Waals surface area contributed by atoms with Crippen LogP contribution in [0.5, 0.6) is 0 Å². The van der Waals surface area contributed by atoms with Crippen molar-refractivity contribution in [1.82, 2.24) is 4.57 Å². The van der Waals surface area contributed by atoms with E-state index in [9.17, 15) is 4.79 Å². The normalized spacial score (nSPS) is 12.6. The fraction of sp³-hybridized carbons (Fsp3) is 0.0909. The van der Waals surface area contributed by atoms with Gasteiger partial charge in [0.1, 0.15) is 11.2 Å². The molecule has 0 fully saturated rings. The van der Waals surface area contributed by atoms with Crippen molar-refractivity contribution < 1.29 is 9.21 Å². The summed E-state index contributed by atoms with van der Waals surface area (Å²) >= 11 is 0. The highest BCUT2D eigenvalue weighted by Gasteiger charge is 2.14. The van der Waals surface area contributed by atoms with E-state index in [0.29, 0.717) is 5.36 Å². The van der Waals surface area contributed by atoms with Crippen LogP contribution in [0.15, 0.2) is 70.1 Å². The maximum atomic E-state index is 11.4. The third kappa shape index (κ3) is 2.02. The summed E-state index contributed by atoms with van der Waals surface area (Å²) < 4.78 is 8.32. The molecule has 0 aliphatic carbocycles. The third-order valence-electron chi connectivity index (χ3n) is 4.88. The van der Waals surface area contributed by atoms with E-state index in [1.165, 1.54) is 6.92 Å². The standard InChI is InChI=1S/C22H16N2O2/c1-13(25)23-14-10-11-15-16-7-5-9-20-21(16)22(24(2)18(15)12-14)17-6-3-4-8-19(17)26-20/h3-12H,1-2H3. The van der Waals surface area contributed by atoms with Gasteiger partial charge in [-0.3, -0.25) is 4.79 Å². The van der Waals surface area contributed by atoms with Crippen LogP contribution >= 0.6 is 0 Å². The van der Waals surface area contributed by atoms with E-state index in [4.69, 9.17) is 4.42 Å². The van der Waals surface area contributed by atoms with Gasteiger partial charge in [-0.1, -0.05) is 30.3 Å². The number of para-hydroxylation sites is 1. The smallest absolute Gasteiger partial charge is 0.243 e. The third-order valence-corrected chi connectivity index (χ3v) is 4.88. The molecule has 0 aliphatic rings. The Labute approximate surface area is 149 Å². The van der Waals surface area contributed by atoms with Gasteiger partial charge in [0.05, 0.1) is 16.4 Å². The largest absolute Gasteiger partial charge is 0.456 e. The van der Waals surface area contributed by atoms with Gasteiger partial charge in [0.2, 0.25) is 5.91 Å². The lowest BCUT2D eigenvalue weighted by molar-refractivity contribution is -0.116. The summed E-state index contributed by atoms with van der Waals surface area (Å²) in [5, 5.41) is 5.09. The SMILES string of the molecule is CC(=O)N=c1ccc2c3cccc4oc5ccccc5c(c43)n(C)c2c1. The molecule has 26 heavy (non-hydrogen) atoms. The number of aryl methyl sites for hydroxylation is 1. The molecule has 5 rings (SSSR count). The molecule has 4 nitrogen and oxygen atoms in total. The maximum absolute atomic E-state index is 11.4. The minimum absolute atomic E-state index is 0.199. The lowest BCUT2D eigenvalue weighted by Crippen LogP contribution is -2.07. The molecule has 4 heteroatoms. The van der Waals surface area contributed by atoms with Crippen LogP contribution in [0.1, 0.15) is 6.92 Å². The first kappa shape index (κ1) is 14.9. The topological polar surface area (TPSA) is 47.5 Å². The summed E-state index contributed by atoms with van der Waals surface area (Å²) in [5.41, 5.74) is 3.87. The van der Waals surface area contributed by atoms with Gasteiger partial charge in [0.25, 0.3) is 0 Å². The van der Waals surface area contributed by atoms with E-state index < -0.39 is 0 Å². The number of amides is 1. The van der Waals surface area contributed by atoms with Gasteiger partial charge in [0, 0.05) is 30.1 Å². The Kier molecular flexibility index (Phi) is 3.04. The Bertz CT molecular complexity index is 1420. The highest BCUT2D eigenvalue weighted by Crippen LogP contribution is 2.37. The van der Waals surface area contributed by atoms with Gasteiger partial charge in [-0.25, -0.2) is 4.99 Å². The van der Waals surface area contributed by atoms with Crippen molar-refractivity contribution in [2.24, 2.45) is 12.0 Å². The molecular weight excluding hydrogens is 324 g/mol. The van der Waals surface area contributed by atoms with E-state index in [1.807, 2.05) is 55.6 Å². The zero-order valence-corrected chi connectivity index (χ0v) is 14.5. The number of nitrogens with zero attached hydrogens (tertiary/aromatic N) is 2. The number of pyridine rings is 1. The van der Waals surface area contributed by atoms with E-state index in [-0.39, 0.29) is 5.91 Å². The van der Waals surface area contributed by atoms with Gasteiger partial charge >= 0.3 is 0 Å². The molecule has 2 heterocycles. The van der Waals surface area contributed by atoms with Crippen LogP contribution in [0, 0.1) is 0 Å². The van der Waals surface area contributed by atoms with Gasteiger partial charge in [0.15, 0.2) is 0 Å². The Hall–Kier alpha value is -3.40. The van der Waals surface area contributed by atoms with Crippen LogP contribution in [0.25, 0.3) is 43.7 Å². The number of hydrogen-bond acceptors (Lipinski definition) is 2. The molecular formula is C22H16N2O2. The van der Waals surface area contributed by atoms with Crippen molar-refractivity contribution in [3.8, 4) is 0 Å². The second kappa shape index (κ2) is 5.30. The molecule has 0 atom stereocenters. The molecule has 2 aromatic heterocycles.